The lowest BCUT2D eigenvalue weighted by Crippen LogP contribution is -2.25. The molecule has 1 aliphatic heterocycles. The number of amides is 1. The number of benzene rings is 3. The van der Waals surface area contributed by atoms with E-state index in [2.05, 4.69) is 10.1 Å². The van der Waals surface area contributed by atoms with Crippen molar-refractivity contribution in [3.63, 3.8) is 0 Å². The molecular formula is C27H25N3O4. The fraction of sp³-hybridized carbons (Fsp3) is 0.222. The van der Waals surface area contributed by atoms with Gasteiger partial charge >= 0.3 is 0 Å². The monoisotopic (exact) mass is 455 g/mol. The van der Waals surface area contributed by atoms with E-state index >= 15 is 0 Å². The van der Waals surface area contributed by atoms with Gasteiger partial charge in [0.1, 0.15) is 18.1 Å². The Labute approximate surface area is 197 Å². The summed E-state index contributed by atoms with van der Waals surface area (Å²) in [6, 6.07) is 23.3. The molecule has 1 amide bonds. The summed E-state index contributed by atoms with van der Waals surface area (Å²) in [7, 11) is 1.62. The quantitative estimate of drug-likeness (QED) is 0.383. The van der Waals surface area contributed by atoms with E-state index in [4.69, 9.17) is 14.0 Å². The first-order chi connectivity index (χ1) is 16.6. The molecule has 4 aromatic rings. The summed E-state index contributed by atoms with van der Waals surface area (Å²) in [4.78, 5) is 19.1. The molecule has 1 aliphatic rings. The van der Waals surface area contributed by atoms with Gasteiger partial charge in [-0.25, -0.2) is 0 Å². The average Bonchev–Trinajstić information content (AvgIpc) is 3.51. The number of carbonyl (C=O) groups excluding carboxylic acids is 1. The van der Waals surface area contributed by atoms with E-state index in [-0.39, 0.29) is 11.8 Å². The van der Waals surface area contributed by atoms with E-state index in [1.807, 2.05) is 79.7 Å². The van der Waals surface area contributed by atoms with Gasteiger partial charge in [0.15, 0.2) is 0 Å². The lowest BCUT2D eigenvalue weighted by Gasteiger charge is -2.19. The predicted octanol–water partition coefficient (Wildman–Crippen LogP) is 5.15. The van der Waals surface area contributed by atoms with Crippen molar-refractivity contribution in [3.8, 4) is 22.9 Å². The summed E-state index contributed by atoms with van der Waals surface area (Å²) in [5, 5.41) is 4.15. The van der Waals surface area contributed by atoms with Gasteiger partial charge in [0.25, 0.3) is 0 Å². The third kappa shape index (κ3) is 4.50. The minimum absolute atomic E-state index is 0.0287. The van der Waals surface area contributed by atoms with Crippen molar-refractivity contribution in [2.75, 3.05) is 18.6 Å². The Kier molecular flexibility index (Phi) is 5.99. The lowest BCUT2D eigenvalue weighted by atomic mass is 10.1. The predicted molar refractivity (Wildman–Crippen MR) is 128 cm³/mol. The Morgan fingerprint density at radius 1 is 1.03 bits per heavy atom. The smallest absolute Gasteiger partial charge is 0.232 e. The molecule has 2 heterocycles. The molecule has 0 N–H and O–H groups in total. The first kappa shape index (κ1) is 21.7. The SMILES string of the molecule is COc1ccc(C)c(N2CC(c3nc(-c4ccc(OCc5ccccc5)cc4)no3)CC2=O)c1. The fourth-order valence-electron chi connectivity index (χ4n) is 4.07. The minimum atomic E-state index is -0.159. The Morgan fingerprint density at radius 2 is 1.79 bits per heavy atom. The highest BCUT2D eigenvalue weighted by molar-refractivity contribution is 5.97. The molecule has 1 unspecified atom stereocenters. The highest BCUT2D eigenvalue weighted by Crippen LogP contribution is 2.35. The van der Waals surface area contributed by atoms with Crippen LogP contribution in [0.1, 0.15) is 29.4 Å². The van der Waals surface area contributed by atoms with Gasteiger partial charge in [0, 0.05) is 24.6 Å². The number of methoxy groups -OCH3 is 1. The Balaban J connectivity index is 1.26. The second-order valence-electron chi connectivity index (χ2n) is 8.31. The van der Waals surface area contributed by atoms with Crippen molar-refractivity contribution in [1.29, 1.82) is 0 Å². The van der Waals surface area contributed by atoms with E-state index < -0.39 is 0 Å². The zero-order valence-corrected chi connectivity index (χ0v) is 19.1. The van der Waals surface area contributed by atoms with Crippen molar-refractivity contribution in [2.45, 2.75) is 25.9 Å². The van der Waals surface area contributed by atoms with Crippen LogP contribution in [0.5, 0.6) is 11.5 Å². The van der Waals surface area contributed by atoms with Crippen molar-refractivity contribution in [1.82, 2.24) is 10.1 Å². The van der Waals surface area contributed by atoms with Crippen molar-refractivity contribution < 1.29 is 18.8 Å². The van der Waals surface area contributed by atoms with E-state index in [9.17, 15) is 4.79 Å². The third-order valence-electron chi connectivity index (χ3n) is 5.98. The van der Waals surface area contributed by atoms with Crippen LogP contribution in [0.2, 0.25) is 0 Å². The van der Waals surface area contributed by atoms with E-state index in [0.717, 1.165) is 28.1 Å². The average molecular weight is 456 g/mol. The normalized spacial score (nSPS) is 15.5. The lowest BCUT2D eigenvalue weighted by molar-refractivity contribution is -0.117. The van der Waals surface area contributed by atoms with Crippen LogP contribution in [0.4, 0.5) is 5.69 Å². The molecule has 7 heteroatoms. The summed E-state index contributed by atoms with van der Waals surface area (Å²) < 4.78 is 16.7. The van der Waals surface area contributed by atoms with Crippen molar-refractivity contribution in [2.24, 2.45) is 0 Å². The van der Waals surface area contributed by atoms with Crippen LogP contribution in [0.3, 0.4) is 0 Å². The zero-order valence-electron chi connectivity index (χ0n) is 19.1. The number of hydrogen-bond acceptors (Lipinski definition) is 6. The molecule has 3 aromatic carbocycles. The number of anilines is 1. The topological polar surface area (TPSA) is 77.7 Å². The largest absolute Gasteiger partial charge is 0.497 e. The summed E-state index contributed by atoms with van der Waals surface area (Å²) in [5.74, 6) is 2.31. The summed E-state index contributed by atoms with van der Waals surface area (Å²) in [5.41, 5.74) is 3.79. The van der Waals surface area contributed by atoms with Crippen LogP contribution in [0.15, 0.2) is 77.3 Å². The van der Waals surface area contributed by atoms with Gasteiger partial charge in [-0.15, -0.1) is 0 Å². The number of carbonyl (C=O) groups is 1. The van der Waals surface area contributed by atoms with Gasteiger partial charge in [-0.1, -0.05) is 41.6 Å². The summed E-state index contributed by atoms with van der Waals surface area (Å²) >= 11 is 0. The maximum Gasteiger partial charge on any atom is 0.232 e. The highest BCUT2D eigenvalue weighted by Gasteiger charge is 2.36. The number of aryl methyl sites for hydroxylation is 1. The number of nitrogens with zero attached hydrogens (tertiary/aromatic N) is 3. The van der Waals surface area contributed by atoms with Crippen LogP contribution >= 0.6 is 0 Å². The first-order valence-electron chi connectivity index (χ1n) is 11.2. The third-order valence-corrected chi connectivity index (χ3v) is 5.98. The van der Waals surface area contributed by atoms with Crippen LogP contribution in [0, 0.1) is 6.92 Å². The molecule has 5 rings (SSSR count). The number of hydrogen-bond donors (Lipinski definition) is 0. The molecule has 1 fully saturated rings. The number of ether oxygens (including phenoxy) is 2. The van der Waals surface area contributed by atoms with E-state index in [1.165, 1.54) is 0 Å². The van der Waals surface area contributed by atoms with E-state index in [0.29, 0.717) is 37.0 Å². The van der Waals surface area contributed by atoms with Crippen LogP contribution < -0.4 is 14.4 Å². The van der Waals surface area contributed by atoms with Crippen LogP contribution in [-0.2, 0) is 11.4 Å². The zero-order chi connectivity index (χ0) is 23.5. The van der Waals surface area contributed by atoms with Gasteiger partial charge in [0.05, 0.1) is 18.7 Å². The second kappa shape index (κ2) is 9.39. The van der Waals surface area contributed by atoms with Gasteiger partial charge in [-0.2, -0.15) is 4.98 Å². The summed E-state index contributed by atoms with van der Waals surface area (Å²) in [6.45, 7) is 2.97. The molecular weight excluding hydrogens is 430 g/mol. The molecule has 1 atom stereocenters. The molecule has 1 saturated heterocycles. The maximum atomic E-state index is 12.8. The van der Waals surface area contributed by atoms with Crippen LogP contribution in [-0.4, -0.2) is 29.7 Å². The molecule has 34 heavy (non-hydrogen) atoms. The summed E-state index contributed by atoms with van der Waals surface area (Å²) in [6.07, 6.45) is 0.324. The Hall–Kier alpha value is -4.13. The standard InChI is InChI=1S/C27H25N3O4/c1-18-8-11-23(32-2)15-24(18)30-16-21(14-25(30)31)27-28-26(29-34-27)20-9-12-22(13-10-20)33-17-19-6-4-3-5-7-19/h3-13,15,21H,14,16-17H2,1-2H3. The van der Waals surface area contributed by atoms with Crippen molar-refractivity contribution in [3.05, 3.63) is 89.8 Å². The number of rotatable bonds is 7. The maximum absolute atomic E-state index is 12.8. The Morgan fingerprint density at radius 3 is 2.56 bits per heavy atom. The highest BCUT2D eigenvalue weighted by atomic mass is 16.5. The minimum Gasteiger partial charge on any atom is -0.497 e. The molecule has 0 bridgehead atoms. The molecule has 1 aromatic heterocycles. The molecule has 172 valence electrons. The van der Waals surface area contributed by atoms with Gasteiger partial charge in [-0.3, -0.25) is 4.79 Å². The Bertz CT molecular complexity index is 1280. The van der Waals surface area contributed by atoms with E-state index in [1.54, 1.807) is 12.0 Å². The number of aromatic nitrogens is 2. The van der Waals surface area contributed by atoms with Crippen LogP contribution in [0.25, 0.3) is 11.4 Å². The fourth-order valence-corrected chi connectivity index (χ4v) is 4.07. The van der Waals surface area contributed by atoms with Gasteiger partial charge in [-0.05, 0) is 48.4 Å². The molecule has 0 spiro atoms. The second-order valence-corrected chi connectivity index (χ2v) is 8.31. The van der Waals surface area contributed by atoms with Gasteiger partial charge < -0.3 is 18.9 Å². The van der Waals surface area contributed by atoms with Crippen molar-refractivity contribution >= 4 is 11.6 Å². The molecule has 0 saturated carbocycles. The van der Waals surface area contributed by atoms with Gasteiger partial charge in [0.2, 0.25) is 17.6 Å². The molecule has 7 nitrogen and oxygen atoms in total. The molecule has 0 radical (unpaired) electrons. The first-order valence-corrected chi connectivity index (χ1v) is 11.2. The molecule has 0 aliphatic carbocycles.